The fourth-order valence-electron chi connectivity index (χ4n) is 1.64. The minimum Gasteiger partial charge on any atom is -0.376 e. The normalized spacial score (nSPS) is 14.4. The molecule has 0 aliphatic carbocycles. The lowest BCUT2D eigenvalue weighted by molar-refractivity contribution is -0.0755. The highest BCUT2D eigenvalue weighted by molar-refractivity contribution is 8.76. The zero-order valence-electron chi connectivity index (χ0n) is 22.2. The number of rotatable bonds is 23. The van der Waals surface area contributed by atoms with E-state index in [4.69, 9.17) is 23.7 Å². The van der Waals surface area contributed by atoms with E-state index in [1.807, 2.05) is 0 Å². The van der Waals surface area contributed by atoms with Crippen LogP contribution in [0.25, 0.3) is 0 Å². The summed E-state index contributed by atoms with van der Waals surface area (Å²) in [7, 11) is -7.50. The maximum Gasteiger partial charge on any atom is 0.200 e. The third-order valence-electron chi connectivity index (χ3n) is 3.20. The summed E-state index contributed by atoms with van der Waals surface area (Å²) in [5, 5.41) is 0. The van der Waals surface area contributed by atoms with E-state index in [0.717, 1.165) is 25.0 Å². The molecule has 0 bridgehead atoms. The van der Waals surface area contributed by atoms with Gasteiger partial charge in [-0.2, -0.15) is 0 Å². The van der Waals surface area contributed by atoms with Crippen molar-refractivity contribution >= 4 is 100 Å². The van der Waals surface area contributed by atoms with E-state index < -0.39 is 47.7 Å². The van der Waals surface area contributed by atoms with Crippen molar-refractivity contribution in [1.82, 2.24) is 0 Å². The lowest BCUT2D eigenvalue weighted by Gasteiger charge is -2.21. The van der Waals surface area contributed by atoms with Gasteiger partial charge >= 0.3 is 0 Å². The van der Waals surface area contributed by atoms with E-state index >= 15 is 0 Å². The Morgan fingerprint density at radius 3 is 0.974 bits per heavy atom. The summed E-state index contributed by atoms with van der Waals surface area (Å²) in [6, 6.07) is 0. The Balaban J connectivity index is 0. The van der Waals surface area contributed by atoms with Gasteiger partial charge in [-0.15, -0.1) is 0 Å². The smallest absolute Gasteiger partial charge is 0.200 e. The Bertz CT molecular complexity index is 962. The second-order valence-corrected chi connectivity index (χ2v) is 27.2. The summed E-state index contributed by atoms with van der Waals surface area (Å²) >= 11 is 0. The molecule has 0 aliphatic rings. The molecular formula is C16H36O13S10. The van der Waals surface area contributed by atoms with Crippen LogP contribution in [0.5, 0.6) is 0 Å². The Morgan fingerprint density at radius 1 is 0.462 bits per heavy atom. The van der Waals surface area contributed by atoms with Gasteiger partial charge in [-0.25, -0.2) is 33.7 Å². The van der Waals surface area contributed by atoms with Crippen LogP contribution in [0.4, 0.5) is 0 Å². The second kappa shape index (κ2) is 23.1. The Morgan fingerprint density at radius 2 is 0.718 bits per heavy atom. The maximum atomic E-state index is 11.3. The van der Waals surface area contributed by atoms with Gasteiger partial charge in [0.05, 0.1) is 26.4 Å². The van der Waals surface area contributed by atoms with Crippen molar-refractivity contribution < 1.29 is 57.4 Å². The van der Waals surface area contributed by atoms with Crippen LogP contribution in [-0.2, 0) is 59.2 Å². The van der Waals surface area contributed by atoms with Gasteiger partial charge in [-0.1, -0.05) is 21.6 Å². The van der Waals surface area contributed by atoms with Crippen molar-refractivity contribution in [2.45, 2.75) is 12.2 Å². The highest BCUT2D eigenvalue weighted by Crippen LogP contribution is 2.15. The Labute approximate surface area is 255 Å². The van der Waals surface area contributed by atoms with E-state index in [-0.39, 0.29) is 50.2 Å². The molecule has 0 N–H and O–H groups in total. The summed E-state index contributed by atoms with van der Waals surface area (Å²) in [5.74, 6) is -0.769. The number of hydrogen-bond donors (Lipinski definition) is 0. The minimum atomic E-state index is -3.35. The Hall–Kier alpha value is 1.70. The second-order valence-electron chi connectivity index (χ2n) is 6.95. The first-order chi connectivity index (χ1) is 17.8. The fourth-order valence-corrected chi connectivity index (χ4v) is 6.01. The lowest BCUT2D eigenvalue weighted by Crippen LogP contribution is -2.31. The molecule has 0 aromatic heterocycles. The largest absolute Gasteiger partial charge is 0.376 e. The minimum absolute atomic E-state index is 0.0922. The standard InChI is InChI=1S/C14H30O13S8.C2H6S2/c1-32(15,16)28-9-24-7-13(26-11-30-34(3,19)20)5-23-6-14(27-12-31-35(4,21)22)8-25-10-29-33(2,17)18;1-3-4-2/h13-14H,5-12H2,1-4H3;1-2H3. The molecule has 0 rings (SSSR count). The molecule has 0 aromatic rings. The predicted octanol–water partition coefficient (Wildman–Crippen LogP) is 2.04. The van der Waals surface area contributed by atoms with Crippen LogP contribution < -0.4 is 0 Å². The van der Waals surface area contributed by atoms with Crippen LogP contribution in [0.15, 0.2) is 0 Å². The lowest BCUT2D eigenvalue weighted by atomic mass is 10.4. The molecule has 0 fully saturated rings. The van der Waals surface area contributed by atoms with Crippen molar-refractivity contribution in [2.75, 3.05) is 87.7 Å². The van der Waals surface area contributed by atoms with Gasteiger partial charge in [-0.3, -0.25) is 0 Å². The monoisotopic (exact) mass is 756 g/mol. The van der Waals surface area contributed by atoms with Gasteiger partial charge in [0.2, 0.25) is 35.5 Å². The van der Waals surface area contributed by atoms with Crippen molar-refractivity contribution in [2.24, 2.45) is 0 Å². The summed E-state index contributed by atoms with van der Waals surface area (Å²) < 4.78 is 117. The van der Waals surface area contributed by atoms with Gasteiger partial charge < -0.3 is 23.7 Å². The summed E-state index contributed by atoms with van der Waals surface area (Å²) in [6.45, 7) is -0.371. The average Bonchev–Trinajstić information content (AvgIpc) is 2.76. The molecule has 0 heterocycles. The van der Waals surface area contributed by atoms with E-state index in [0.29, 0.717) is 43.2 Å². The van der Waals surface area contributed by atoms with Crippen LogP contribution in [0.1, 0.15) is 0 Å². The van der Waals surface area contributed by atoms with E-state index in [9.17, 15) is 33.7 Å². The molecule has 39 heavy (non-hydrogen) atoms. The van der Waals surface area contributed by atoms with Gasteiger partial charge in [0.25, 0.3) is 0 Å². The number of ether oxygens (including phenoxy) is 5. The van der Waals surface area contributed by atoms with Gasteiger partial charge in [0, 0.05) is 25.0 Å². The van der Waals surface area contributed by atoms with Crippen LogP contribution in [-0.4, -0.2) is 134 Å². The highest BCUT2D eigenvalue weighted by Gasteiger charge is 2.17. The third-order valence-corrected chi connectivity index (χ3v) is 13.5. The zero-order valence-corrected chi connectivity index (χ0v) is 30.4. The van der Waals surface area contributed by atoms with Crippen LogP contribution in [0.2, 0.25) is 0 Å². The summed E-state index contributed by atoms with van der Waals surface area (Å²) in [6.07, 6.45) is 6.71. The molecule has 2 unspecified atom stereocenters. The SMILES string of the molecule is CS(=O)(=O)SCOCC(COCC(COCSS(C)(=O)=O)OCSS(C)(=O)=O)OCSS(C)(=O)=O.CSSC. The molecule has 0 saturated heterocycles. The molecule has 0 spiro atoms. The molecule has 2 atom stereocenters. The van der Waals surface area contributed by atoms with Crippen LogP contribution >= 0.6 is 64.8 Å². The quantitative estimate of drug-likeness (QED) is 0.0838. The number of hydrogen-bond acceptors (Lipinski definition) is 19. The molecule has 0 radical (unpaired) electrons. The van der Waals surface area contributed by atoms with Gasteiger partial charge in [0.15, 0.2) is 0 Å². The van der Waals surface area contributed by atoms with Gasteiger partial charge in [0.1, 0.15) is 36.0 Å². The van der Waals surface area contributed by atoms with E-state index in [1.165, 1.54) is 0 Å². The first-order valence-electron chi connectivity index (χ1n) is 10.2. The molecule has 238 valence electrons. The van der Waals surface area contributed by atoms with E-state index in [2.05, 4.69) is 12.5 Å². The van der Waals surface area contributed by atoms with Crippen molar-refractivity contribution in [3.05, 3.63) is 0 Å². The summed E-state index contributed by atoms with van der Waals surface area (Å²) in [4.78, 5) is 0. The third kappa shape index (κ3) is 37.7. The molecule has 0 saturated carbocycles. The van der Waals surface area contributed by atoms with E-state index in [1.54, 1.807) is 21.6 Å². The van der Waals surface area contributed by atoms with Crippen molar-refractivity contribution in [1.29, 1.82) is 0 Å². The Kier molecular flexibility index (Phi) is 25.4. The first-order valence-corrected chi connectivity index (χ1v) is 26.7. The molecule has 23 heteroatoms. The molecular weight excluding hydrogens is 721 g/mol. The van der Waals surface area contributed by atoms with Crippen molar-refractivity contribution in [3.8, 4) is 0 Å². The predicted molar refractivity (Wildman–Crippen MR) is 169 cm³/mol. The average molecular weight is 757 g/mol. The van der Waals surface area contributed by atoms with Crippen LogP contribution in [0.3, 0.4) is 0 Å². The topological polar surface area (TPSA) is 183 Å². The van der Waals surface area contributed by atoms with Crippen LogP contribution in [0, 0.1) is 0 Å². The summed E-state index contributed by atoms with van der Waals surface area (Å²) in [5.41, 5.74) is 0. The zero-order chi connectivity index (χ0) is 30.6. The van der Waals surface area contributed by atoms with Gasteiger partial charge in [-0.05, 0) is 55.7 Å². The van der Waals surface area contributed by atoms with Crippen molar-refractivity contribution in [3.63, 3.8) is 0 Å². The maximum absolute atomic E-state index is 11.3. The highest BCUT2D eigenvalue weighted by atomic mass is 33.2. The fraction of sp³-hybridized carbons (Fsp3) is 1.00. The first kappa shape index (κ1) is 42.8. The molecule has 13 nitrogen and oxygen atoms in total. The molecule has 0 aliphatic heterocycles. The molecule has 0 amide bonds. The molecule has 0 aromatic carbocycles.